The second-order valence-corrected chi connectivity index (χ2v) is 3.89. The lowest BCUT2D eigenvalue weighted by Crippen LogP contribution is -2.02. The first-order valence-electron chi connectivity index (χ1n) is 5.92. The highest BCUT2D eigenvalue weighted by Gasteiger charge is 2.04. The van der Waals surface area contributed by atoms with Crippen molar-refractivity contribution in [2.75, 3.05) is 13.7 Å². The van der Waals surface area contributed by atoms with Crippen molar-refractivity contribution in [2.45, 2.75) is 13.0 Å². The average molecular weight is 257 g/mol. The van der Waals surface area contributed by atoms with Crippen LogP contribution in [0.4, 0.5) is 0 Å². The molecule has 5 heteroatoms. The van der Waals surface area contributed by atoms with Crippen LogP contribution >= 0.6 is 0 Å². The fourth-order valence-electron chi connectivity index (χ4n) is 1.65. The van der Waals surface area contributed by atoms with E-state index < -0.39 is 0 Å². The van der Waals surface area contributed by atoms with E-state index in [1.165, 1.54) is 6.33 Å². The summed E-state index contributed by atoms with van der Waals surface area (Å²) < 4.78 is 6.95. The molecule has 1 aromatic heterocycles. The quantitative estimate of drug-likeness (QED) is 0.832. The summed E-state index contributed by atoms with van der Waals surface area (Å²) in [6.07, 6.45) is 3.62. The molecule has 98 valence electrons. The average Bonchev–Trinajstić information content (AvgIpc) is 2.93. The van der Waals surface area contributed by atoms with Gasteiger partial charge >= 0.3 is 0 Å². The fraction of sp³-hybridized carbons (Fsp3) is 0.286. The number of hydrogen-bond acceptors (Lipinski definition) is 4. The third kappa shape index (κ3) is 3.57. The van der Waals surface area contributed by atoms with Gasteiger partial charge in [-0.05, 0) is 23.8 Å². The van der Waals surface area contributed by atoms with Crippen molar-refractivity contribution in [3.8, 4) is 17.6 Å². The normalized spacial score (nSPS) is 9.79. The van der Waals surface area contributed by atoms with Gasteiger partial charge < -0.3 is 9.84 Å². The van der Waals surface area contributed by atoms with Crippen LogP contribution in [0.25, 0.3) is 0 Å². The van der Waals surface area contributed by atoms with Gasteiger partial charge in [-0.1, -0.05) is 11.8 Å². The molecule has 1 N–H and O–H groups in total. The number of methoxy groups -OCH3 is 1. The molecular weight excluding hydrogens is 242 g/mol. The third-order valence-electron chi connectivity index (χ3n) is 2.57. The van der Waals surface area contributed by atoms with Gasteiger partial charge in [-0.25, -0.2) is 9.67 Å². The number of rotatable bonds is 4. The summed E-state index contributed by atoms with van der Waals surface area (Å²) in [6.45, 7) is 0.655. The van der Waals surface area contributed by atoms with Crippen LogP contribution in [0.15, 0.2) is 30.9 Å². The van der Waals surface area contributed by atoms with E-state index in [9.17, 15) is 0 Å². The summed E-state index contributed by atoms with van der Waals surface area (Å²) >= 11 is 0. The maximum atomic E-state index is 8.76. The molecule has 19 heavy (non-hydrogen) atoms. The molecule has 0 amide bonds. The first-order valence-corrected chi connectivity index (χ1v) is 5.92. The van der Waals surface area contributed by atoms with E-state index in [1.807, 2.05) is 18.2 Å². The fourth-order valence-corrected chi connectivity index (χ4v) is 1.65. The lowest BCUT2D eigenvalue weighted by Gasteiger charge is -2.07. The van der Waals surface area contributed by atoms with Gasteiger partial charge in [-0.15, -0.1) is 0 Å². The van der Waals surface area contributed by atoms with E-state index in [4.69, 9.17) is 9.84 Å². The molecule has 0 aliphatic rings. The van der Waals surface area contributed by atoms with Crippen LogP contribution < -0.4 is 4.74 Å². The molecule has 0 radical (unpaired) electrons. The Hall–Kier alpha value is -2.32. The van der Waals surface area contributed by atoms with Crippen molar-refractivity contribution in [1.82, 2.24) is 14.8 Å². The van der Waals surface area contributed by atoms with Gasteiger partial charge in [0.25, 0.3) is 0 Å². The van der Waals surface area contributed by atoms with E-state index in [2.05, 4.69) is 21.9 Å². The number of aliphatic hydroxyl groups excluding tert-OH is 1. The summed E-state index contributed by atoms with van der Waals surface area (Å²) in [6, 6.07) is 5.72. The van der Waals surface area contributed by atoms with Gasteiger partial charge in [0, 0.05) is 12.0 Å². The number of benzene rings is 1. The zero-order valence-electron chi connectivity index (χ0n) is 10.7. The zero-order valence-corrected chi connectivity index (χ0v) is 10.7. The summed E-state index contributed by atoms with van der Waals surface area (Å²) in [5, 5.41) is 12.8. The minimum atomic E-state index is 0.0710. The molecular formula is C14H15N3O2. The van der Waals surface area contributed by atoms with E-state index in [0.29, 0.717) is 13.0 Å². The van der Waals surface area contributed by atoms with Crippen LogP contribution in [-0.4, -0.2) is 33.6 Å². The van der Waals surface area contributed by atoms with Gasteiger partial charge in [0.15, 0.2) is 0 Å². The Bertz CT molecular complexity index is 582. The Balaban J connectivity index is 2.29. The molecule has 0 saturated carbocycles. The smallest absolute Gasteiger partial charge is 0.137 e. The van der Waals surface area contributed by atoms with Gasteiger partial charge in [-0.3, -0.25) is 0 Å². The highest BCUT2D eigenvalue weighted by atomic mass is 16.5. The molecule has 0 aliphatic heterocycles. The molecule has 0 saturated heterocycles. The highest BCUT2D eigenvalue weighted by Crippen LogP contribution is 2.18. The standard InChI is InChI=1S/C14H15N3O2/c1-19-14-6-5-12(4-2-3-7-18)13(8-14)9-17-11-15-10-16-17/h5-6,8,10-11,18H,3,7,9H2,1H3. The molecule has 2 aromatic rings. The SMILES string of the molecule is COc1ccc(C#CCCO)c(Cn2cncn2)c1. The van der Waals surface area contributed by atoms with Crippen molar-refractivity contribution in [3.05, 3.63) is 42.0 Å². The number of aliphatic hydroxyl groups is 1. The lowest BCUT2D eigenvalue weighted by atomic mass is 10.1. The second kappa shape index (κ2) is 6.57. The van der Waals surface area contributed by atoms with Crippen LogP contribution in [0.3, 0.4) is 0 Å². The van der Waals surface area contributed by atoms with Crippen molar-refractivity contribution in [3.63, 3.8) is 0 Å². The molecule has 0 bridgehead atoms. The van der Waals surface area contributed by atoms with Crippen LogP contribution in [0.5, 0.6) is 5.75 Å². The van der Waals surface area contributed by atoms with Crippen LogP contribution in [-0.2, 0) is 6.54 Å². The van der Waals surface area contributed by atoms with Gasteiger partial charge in [0.2, 0.25) is 0 Å². The van der Waals surface area contributed by atoms with Crippen molar-refractivity contribution >= 4 is 0 Å². The van der Waals surface area contributed by atoms with E-state index >= 15 is 0 Å². The molecule has 1 heterocycles. The first kappa shape index (κ1) is 13.1. The largest absolute Gasteiger partial charge is 0.497 e. The maximum absolute atomic E-state index is 8.76. The molecule has 2 rings (SSSR count). The zero-order chi connectivity index (χ0) is 13.5. The van der Waals surface area contributed by atoms with Crippen molar-refractivity contribution in [1.29, 1.82) is 0 Å². The topological polar surface area (TPSA) is 60.2 Å². The van der Waals surface area contributed by atoms with Gasteiger partial charge in [0.1, 0.15) is 18.4 Å². The maximum Gasteiger partial charge on any atom is 0.137 e. The molecule has 0 unspecified atom stereocenters. The molecule has 0 fully saturated rings. The summed E-state index contributed by atoms with van der Waals surface area (Å²) in [7, 11) is 1.63. The minimum Gasteiger partial charge on any atom is -0.497 e. The van der Waals surface area contributed by atoms with Crippen molar-refractivity contribution < 1.29 is 9.84 Å². The Morgan fingerprint density at radius 3 is 3.00 bits per heavy atom. The van der Waals surface area contributed by atoms with E-state index in [-0.39, 0.29) is 6.61 Å². The van der Waals surface area contributed by atoms with Crippen LogP contribution in [0.1, 0.15) is 17.5 Å². The lowest BCUT2D eigenvalue weighted by molar-refractivity contribution is 0.305. The predicted octanol–water partition coefficient (Wildman–Crippen LogP) is 1.07. The minimum absolute atomic E-state index is 0.0710. The Kier molecular flexibility index (Phi) is 4.54. The molecule has 0 spiro atoms. The van der Waals surface area contributed by atoms with Crippen LogP contribution in [0.2, 0.25) is 0 Å². The Morgan fingerprint density at radius 1 is 1.42 bits per heavy atom. The molecule has 1 aromatic carbocycles. The highest BCUT2D eigenvalue weighted by molar-refractivity contribution is 5.45. The number of ether oxygens (including phenoxy) is 1. The second-order valence-electron chi connectivity index (χ2n) is 3.89. The van der Waals surface area contributed by atoms with E-state index in [1.54, 1.807) is 18.1 Å². The van der Waals surface area contributed by atoms with Gasteiger partial charge in [0.05, 0.1) is 20.3 Å². The number of nitrogens with zero attached hydrogens (tertiary/aromatic N) is 3. The predicted molar refractivity (Wildman–Crippen MR) is 70.7 cm³/mol. The summed E-state index contributed by atoms with van der Waals surface area (Å²) in [4.78, 5) is 3.92. The third-order valence-corrected chi connectivity index (χ3v) is 2.57. The summed E-state index contributed by atoms with van der Waals surface area (Å²) in [5.41, 5.74) is 1.92. The molecule has 0 atom stereocenters. The van der Waals surface area contributed by atoms with Crippen LogP contribution in [0, 0.1) is 11.8 Å². The Labute approximate surface area is 111 Å². The molecule has 0 aliphatic carbocycles. The monoisotopic (exact) mass is 257 g/mol. The molecule has 5 nitrogen and oxygen atoms in total. The Morgan fingerprint density at radius 2 is 2.32 bits per heavy atom. The number of hydrogen-bond donors (Lipinski definition) is 1. The first-order chi connectivity index (χ1) is 9.33. The van der Waals surface area contributed by atoms with Crippen molar-refractivity contribution in [2.24, 2.45) is 0 Å². The van der Waals surface area contributed by atoms with Gasteiger partial charge in [-0.2, -0.15) is 5.10 Å². The van der Waals surface area contributed by atoms with E-state index in [0.717, 1.165) is 16.9 Å². The number of aromatic nitrogens is 3. The summed E-state index contributed by atoms with van der Waals surface area (Å²) in [5.74, 6) is 6.75.